The van der Waals surface area contributed by atoms with Gasteiger partial charge in [0.05, 0.1) is 4.99 Å². The van der Waals surface area contributed by atoms with Crippen LogP contribution in [0.15, 0.2) is 0 Å². The molecular weight excluding hydrogens is 182 g/mol. The Balaban J connectivity index is 1.86. The van der Waals surface area contributed by atoms with E-state index in [2.05, 4.69) is 0 Å². The summed E-state index contributed by atoms with van der Waals surface area (Å²) in [6.07, 6.45) is 7.29. The van der Waals surface area contributed by atoms with Crippen LogP contribution in [0.3, 0.4) is 0 Å². The quantitative estimate of drug-likeness (QED) is 0.529. The largest absolute Gasteiger partial charge is 0.393 e. The van der Waals surface area contributed by atoms with Crippen molar-refractivity contribution < 1.29 is 4.74 Å². The third-order valence-corrected chi connectivity index (χ3v) is 2.74. The molecule has 1 fully saturated rings. The van der Waals surface area contributed by atoms with Crippen molar-refractivity contribution in [2.45, 2.75) is 38.5 Å². The maximum Gasteiger partial charge on any atom is 0.0728 e. The van der Waals surface area contributed by atoms with Crippen molar-refractivity contribution in [2.75, 3.05) is 13.2 Å². The van der Waals surface area contributed by atoms with E-state index in [4.69, 9.17) is 22.7 Å². The Hall–Kier alpha value is -0.150. The van der Waals surface area contributed by atoms with Crippen LogP contribution in [0.5, 0.6) is 0 Å². The summed E-state index contributed by atoms with van der Waals surface area (Å²) >= 11 is 4.77. The number of rotatable bonds is 6. The third-order valence-electron chi connectivity index (χ3n) is 2.54. The Bertz CT molecular complexity index is 155. The minimum absolute atomic E-state index is 0.601. The molecule has 0 radical (unpaired) electrons. The molecule has 13 heavy (non-hydrogen) atoms. The molecule has 0 spiro atoms. The summed E-state index contributed by atoms with van der Waals surface area (Å²) < 4.78 is 5.55. The summed E-state index contributed by atoms with van der Waals surface area (Å²) in [7, 11) is 0. The predicted octanol–water partition coefficient (Wildman–Crippen LogP) is 2.26. The second-order valence-electron chi connectivity index (χ2n) is 3.80. The molecule has 0 aliphatic heterocycles. The molecule has 0 amide bonds. The number of hydrogen-bond donors (Lipinski definition) is 1. The van der Waals surface area contributed by atoms with E-state index in [1.807, 2.05) is 0 Å². The van der Waals surface area contributed by atoms with Crippen LogP contribution in [-0.4, -0.2) is 18.2 Å². The smallest absolute Gasteiger partial charge is 0.0728 e. The first-order valence-corrected chi connectivity index (χ1v) is 5.56. The standard InChI is InChI=1S/C10H19NOS/c11-10(13)6-3-7-12-8-9-4-1-2-5-9/h9H,1-8H2,(H2,11,13). The van der Waals surface area contributed by atoms with E-state index >= 15 is 0 Å². The lowest BCUT2D eigenvalue weighted by atomic mass is 10.1. The molecule has 1 saturated carbocycles. The highest BCUT2D eigenvalue weighted by atomic mass is 32.1. The Morgan fingerprint density at radius 2 is 2.08 bits per heavy atom. The molecule has 2 N–H and O–H groups in total. The molecule has 0 heterocycles. The highest BCUT2D eigenvalue weighted by Gasteiger charge is 2.14. The van der Waals surface area contributed by atoms with E-state index < -0.39 is 0 Å². The molecular formula is C10H19NOS. The zero-order valence-electron chi connectivity index (χ0n) is 8.13. The molecule has 3 heteroatoms. The first kappa shape index (κ1) is 10.9. The van der Waals surface area contributed by atoms with Crippen LogP contribution in [0, 0.1) is 5.92 Å². The van der Waals surface area contributed by atoms with E-state index in [1.54, 1.807) is 0 Å². The van der Waals surface area contributed by atoms with Gasteiger partial charge in [-0.2, -0.15) is 0 Å². The molecule has 0 bridgehead atoms. The summed E-state index contributed by atoms with van der Waals surface area (Å²) in [4.78, 5) is 0.601. The fraction of sp³-hybridized carbons (Fsp3) is 0.900. The van der Waals surface area contributed by atoms with Gasteiger partial charge in [0.2, 0.25) is 0 Å². The van der Waals surface area contributed by atoms with Crippen molar-refractivity contribution in [1.29, 1.82) is 0 Å². The van der Waals surface area contributed by atoms with Crippen molar-refractivity contribution in [1.82, 2.24) is 0 Å². The topological polar surface area (TPSA) is 35.2 Å². The van der Waals surface area contributed by atoms with Gasteiger partial charge in [-0.05, 0) is 31.6 Å². The second kappa shape index (κ2) is 6.33. The monoisotopic (exact) mass is 201 g/mol. The van der Waals surface area contributed by atoms with Crippen molar-refractivity contribution in [2.24, 2.45) is 11.7 Å². The maximum atomic E-state index is 5.55. The van der Waals surface area contributed by atoms with Crippen molar-refractivity contribution in [3.05, 3.63) is 0 Å². The number of ether oxygens (including phenoxy) is 1. The van der Waals surface area contributed by atoms with Gasteiger partial charge in [-0.3, -0.25) is 0 Å². The summed E-state index contributed by atoms with van der Waals surface area (Å²) in [5, 5.41) is 0. The minimum Gasteiger partial charge on any atom is -0.393 e. The lowest BCUT2D eigenvalue weighted by Crippen LogP contribution is -2.10. The van der Waals surface area contributed by atoms with Crippen molar-refractivity contribution in [3.8, 4) is 0 Å². The van der Waals surface area contributed by atoms with Crippen LogP contribution in [0.1, 0.15) is 38.5 Å². The van der Waals surface area contributed by atoms with E-state index in [0.29, 0.717) is 4.99 Å². The third kappa shape index (κ3) is 5.21. The molecule has 2 nitrogen and oxygen atoms in total. The first-order valence-electron chi connectivity index (χ1n) is 5.15. The number of thiocarbonyl (C=S) groups is 1. The first-order chi connectivity index (χ1) is 6.29. The van der Waals surface area contributed by atoms with Gasteiger partial charge in [-0.1, -0.05) is 25.1 Å². The molecule has 76 valence electrons. The fourth-order valence-corrected chi connectivity index (χ4v) is 1.92. The van der Waals surface area contributed by atoms with Crippen LogP contribution >= 0.6 is 12.2 Å². The van der Waals surface area contributed by atoms with Gasteiger partial charge in [0.1, 0.15) is 0 Å². The zero-order chi connectivity index (χ0) is 9.52. The second-order valence-corrected chi connectivity index (χ2v) is 4.32. The number of nitrogens with two attached hydrogens (primary N) is 1. The van der Waals surface area contributed by atoms with Gasteiger partial charge in [-0.15, -0.1) is 0 Å². The lowest BCUT2D eigenvalue weighted by molar-refractivity contribution is 0.100. The van der Waals surface area contributed by atoms with Gasteiger partial charge in [-0.25, -0.2) is 0 Å². The van der Waals surface area contributed by atoms with Crippen molar-refractivity contribution >= 4 is 17.2 Å². The fourth-order valence-electron chi connectivity index (χ4n) is 1.78. The molecule has 1 rings (SSSR count). The molecule has 0 saturated heterocycles. The van der Waals surface area contributed by atoms with Crippen LogP contribution in [0.2, 0.25) is 0 Å². The Kier molecular flexibility index (Phi) is 5.32. The van der Waals surface area contributed by atoms with E-state index in [-0.39, 0.29) is 0 Å². The Morgan fingerprint density at radius 1 is 1.38 bits per heavy atom. The van der Waals surface area contributed by atoms with Gasteiger partial charge in [0.25, 0.3) is 0 Å². The Morgan fingerprint density at radius 3 is 2.69 bits per heavy atom. The zero-order valence-corrected chi connectivity index (χ0v) is 8.94. The van der Waals surface area contributed by atoms with E-state index in [0.717, 1.165) is 32.0 Å². The minimum atomic E-state index is 0.601. The normalized spacial score (nSPS) is 17.8. The van der Waals surface area contributed by atoms with E-state index in [9.17, 15) is 0 Å². The van der Waals surface area contributed by atoms with Crippen LogP contribution in [0.25, 0.3) is 0 Å². The molecule has 0 aromatic carbocycles. The molecule has 1 aliphatic carbocycles. The average Bonchev–Trinajstić information content (AvgIpc) is 2.55. The molecule has 1 aliphatic rings. The van der Waals surface area contributed by atoms with Crippen LogP contribution < -0.4 is 5.73 Å². The maximum absolute atomic E-state index is 5.55. The van der Waals surface area contributed by atoms with Gasteiger partial charge >= 0.3 is 0 Å². The summed E-state index contributed by atoms with van der Waals surface area (Å²) in [6.45, 7) is 1.76. The summed E-state index contributed by atoms with van der Waals surface area (Å²) in [5.41, 5.74) is 5.37. The predicted molar refractivity (Wildman–Crippen MR) is 58.8 cm³/mol. The molecule has 0 aromatic heterocycles. The van der Waals surface area contributed by atoms with Crippen LogP contribution in [-0.2, 0) is 4.74 Å². The highest BCUT2D eigenvalue weighted by Crippen LogP contribution is 2.24. The molecule has 0 atom stereocenters. The van der Waals surface area contributed by atoms with E-state index in [1.165, 1.54) is 25.7 Å². The van der Waals surface area contributed by atoms with Gasteiger partial charge in [0, 0.05) is 13.2 Å². The summed E-state index contributed by atoms with van der Waals surface area (Å²) in [5.74, 6) is 0.824. The van der Waals surface area contributed by atoms with Gasteiger partial charge in [0.15, 0.2) is 0 Å². The SMILES string of the molecule is NC(=S)CCCOCC1CCCC1. The van der Waals surface area contributed by atoms with Crippen molar-refractivity contribution in [3.63, 3.8) is 0 Å². The van der Waals surface area contributed by atoms with Gasteiger partial charge < -0.3 is 10.5 Å². The highest BCUT2D eigenvalue weighted by molar-refractivity contribution is 7.80. The summed E-state index contributed by atoms with van der Waals surface area (Å²) in [6, 6.07) is 0. The number of hydrogen-bond acceptors (Lipinski definition) is 2. The molecule has 0 unspecified atom stereocenters. The lowest BCUT2D eigenvalue weighted by Gasteiger charge is -2.09. The average molecular weight is 201 g/mol. The molecule has 0 aromatic rings. The van der Waals surface area contributed by atoms with Crippen LogP contribution in [0.4, 0.5) is 0 Å². The Labute approximate surface area is 85.8 Å².